The van der Waals surface area contributed by atoms with Gasteiger partial charge in [0, 0.05) is 23.5 Å². The fourth-order valence-electron chi connectivity index (χ4n) is 3.04. The molecule has 148 valence electrons. The smallest absolute Gasteiger partial charge is 0.263 e. The Labute approximate surface area is 171 Å². The van der Waals surface area contributed by atoms with Crippen molar-refractivity contribution in [2.75, 3.05) is 6.54 Å². The number of fused-ring (bicyclic) bond motifs is 1. The average Bonchev–Trinajstić information content (AvgIpc) is 2.99. The number of nitrogens with zero attached hydrogens (tertiary/aromatic N) is 2. The minimum atomic E-state index is -0.361. The van der Waals surface area contributed by atoms with Crippen molar-refractivity contribution < 1.29 is 9.18 Å². The highest BCUT2D eigenvalue weighted by Crippen LogP contribution is 2.37. The molecule has 1 N–H and O–H groups in total. The quantitative estimate of drug-likeness (QED) is 0.480. The Kier molecular flexibility index (Phi) is 6.20. The fourth-order valence-corrected chi connectivity index (χ4v) is 5.12. The van der Waals surface area contributed by atoms with Gasteiger partial charge in [-0.3, -0.25) is 14.2 Å². The van der Waals surface area contributed by atoms with E-state index in [-0.39, 0.29) is 22.5 Å². The SMILES string of the molecule is CCNC(=O)C(C)Sc1nc2sc(C)c(-c3ccc(F)cc3)c2c(=O)n1CC. The summed E-state index contributed by atoms with van der Waals surface area (Å²) < 4.78 is 14.9. The molecule has 0 saturated carbocycles. The summed E-state index contributed by atoms with van der Waals surface area (Å²) >= 11 is 2.72. The Morgan fingerprint density at radius 2 is 2.00 bits per heavy atom. The lowest BCUT2D eigenvalue weighted by Gasteiger charge is -2.14. The molecule has 3 aromatic rings. The molecule has 2 aromatic heterocycles. The summed E-state index contributed by atoms with van der Waals surface area (Å²) in [5.41, 5.74) is 1.46. The number of benzene rings is 1. The van der Waals surface area contributed by atoms with Gasteiger partial charge in [0.05, 0.1) is 10.6 Å². The number of amides is 1. The number of thioether (sulfide) groups is 1. The van der Waals surface area contributed by atoms with Gasteiger partial charge in [-0.2, -0.15) is 0 Å². The molecule has 0 aliphatic rings. The van der Waals surface area contributed by atoms with Crippen LogP contribution in [-0.4, -0.2) is 27.3 Å². The third kappa shape index (κ3) is 3.84. The number of carbonyl (C=O) groups is 1. The number of halogens is 1. The first-order valence-corrected chi connectivity index (χ1v) is 10.8. The third-order valence-electron chi connectivity index (χ3n) is 4.40. The summed E-state index contributed by atoms with van der Waals surface area (Å²) in [6.45, 7) is 8.49. The Morgan fingerprint density at radius 1 is 1.32 bits per heavy atom. The van der Waals surface area contributed by atoms with Crippen molar-refractivity contribution in [1.29, 1.82) is 0 Å². The Balaban J connectivity index is 2.14. The predicted molar refractivity (Wildman–Crippen MR) is 114 cm³/mol. The molecule has 0 aliphatic heterocycles. The van der Waals surface area contributed by atoms with Crippen molar-refractivity contribution in [3.05, 3.63) is 45.3 Å². The minimum Gasteiger partial charge on any atom is -0.355 e. The number of nitrogens with one attached hydrogen (secondary N) is 1. The fraction of sp³-hybridized carbons (Fsp3) is 0.350. The molecule has 1 atom stereocenters. The van der Waals surface area contributed by atoms with Crippen molar-refractivity contribution in [2.45, 2.75) is 44.6 Å². The van der Waals surface area contributed by atoms with Crippen LogP contribution in [0.2, 0.25) is 0 Å². The van der Waals surface area contributed by atoms with Crippen LogP contribution in [0, 0.1) is 12.7 Å². The molecule has 0 spiro atoms. The van der Waals surface area contributed by atoms with Crippen molar-refractivity contribution in [3.8, 4) is 11.1 Å². The van der Waals surface area contributed by atoms with Crippen LogP contribution in [0.25, 0.3) is 21.3 Å². The number of hydrogen-bond acceptors (Lipinski definition) is 5. The van der Waals surface area contributed by atoms with Crippen molar-refractivity contribution >= 4 is 39.2 Å². The van der Waals surface area contributed by atoms with Crippen LogP contribution in [0.15, 0.2) is 34.2 Å². The van der Waals surface area contributed by atoms with Crippen molar-refractivity contribution in [2.24, 2.45) is 0 Å². The van der Waals surface area contributed by atoms with E-state index in [9.17, 15) is 14.0 Å². The minimum absolute atomic E-state index is 0.0844. The van der Waals surface area contributed by atoms with Crippen LogP contribution < -0.4 is 10.9 Å². The van der Waals surface area contributed by atoms with E-state index in [1.54, 1.807) is 23.6 Å². The maximum Gasteiger partial charge on any atom is 0.263 e. The van der Waals surface area contributed by atoms with Gasteiger partial charge in [0.1, 0.15) is 10.6 Å². The lowest BCUT2D eigenvalue weighted by Crippen LogP contribution is -2.31. The van der Waals surface area contributed by atoms with Crippen LogP contribution in [0.5, 0.6) is 0 Å². The molecule has 5 nitrogen and oxygen atoms in total. The summed E-state index contributed by atoms with van der Waals surface area (Å²) in [6, 6.07) is 6.14. The van der Waals surface area contributed by atoms with Crippen molar-refractivity contribution in [3.63, 3.8) is 0 Å². The van der Waals surface area contributed by atoms with Crippen molar-refractivity contribution in [1.82, 2.24) is 14.9 Å². The first-order valence-electron chi connectivity index (χ1n) is 9.11. The maximum absolute atomic E-state index is 13.3. The topological polar surface area (TPSA) is 64.0 Å². The van der Waals surface area contributed by atoms with Gasteiger partial charge in [0.15, 0.2) is 5.16 Å². The number of rotatable bonds is 6. The number of carbonyl (C=O) groups excluding carboxylic acids is 1. The summed E-state index contributed by atoms with van der Waals surface area (Å²) in [7, 11) is 0. The molecule has 0 fully saturated rings. The van der Waals surface area contributed by atoms with E-state index in [1.165, 1.54) is 35.2 Å². The molecule has 28 heavy (non-hydrogen) atoms. The Bertz CT molecular complexity index is 1070. The van der Waals surface area contributed by atoms with Gasteiger partial charge >= 0.3 is 0 Å². The van der Waals surface area contributed by atoms with E-state index in [2.05, 4.69) is 5.32 Å². The normalized spacial score (nSPS) is 12.3. The van der Waals surface area contributed by atoms with Gasteiger partial charge in [-0.25, -0.2) is 9.37 Å². The highest BCUT2D eigenvalue weighted by molar-refractivity contribution is 8.00. The second-order valence-corrected chi connectivity index (χ2v) is 8.83. The lowest BCUT2D eigenvalue weighted by molar-refractivity contribution is -0.120. The molecule has 0 saturated heterocycles. The second-order valence-electron chi connectivity index (χ2n) is 6.32. The van der Waals surface area contributed by atoms with Crippen LogP contribution in [-0.2, 0) is 11.3 Å². The maximum atomic E-state index is 13.3. The van der Waals surface area contributed by atoms with Crippen LogP contribution in [0.1, 0.15) is 25.6 Å². The number of aromatic nitrogens is 2. The molecule has 8 heteroatoms. The molecule has 3 rings (SSSR count). The molecule has 2 heterocycles. The number of hydrogen-bond donors (Lipinski definition) is 1. The van der Waals surface area contributed by atoms with Gasteiger partial charge in [-0.15, -0.1) is 11.3 Å². The zero-order chi connectivity index (χ0) is 20.4. The molecular formula is C20H22FN3O2S2. The van der Waals surface area contributed by atoms with E-state index in [4.69, 9.17) is 4.98 Å². The van der Waals surface area contributed by atoms with Gasteiger partial charge in [0.25, 0.3) is 5.56 Å². The highest BCUT2D eigenvalue weighted by Gasteiger charge is 2.22. The van der Waals surface area contributed by atoms with E-state index < -0.39 is 0 Å². The summed E-state index contributed by atoms with van der Waals surface area (Å²) in [4.78, 5) is 31.7. The number of thiophene rings is 1. The molecule has 0 bridgehead atoms. The van der Waals surface area contributed by atoms with E-state index in [0.717, 1.165) is 16.0 Å². The first-order chi connectivity index (χ1) is 13.4. The van der Waals surface area contributed by atoms with Gasteiger partial charge in [-0.05, 0) is 45.4 Å². The third-order valence-corrected chi connectivity index (χ3v) is 6.49. The van der Waals surface area contributed by atoms with Crippen LogP contribution >= 0.6 is 23.1 Å². The van der Waals surface area contributed by atoms with E-state index >= 15 is 0 Å². The van der Waals surface area contributed by atoms with E-state index in [0.29, 0.717) is 28.5 Å². The summed E-state index contributed by atoms with van der Waals surface area (Å²) in [5, 5.41) is 3.51. The monoisotopic (exact) mass is 419 g/mol. The van der Waals surface area contributed by atoms with Gasteiger partial charge < -0.3 is 5.32 Å². The molecule has 0 aliphatic carbocycles. The molecular weight excluding hydrogens is 397 g/mol. The predicted octanol–water partition coefficient (Wildman–Crippen LogP) is 4.21. The Hall–Kier alpha value is -2.19. The van der Waals surface area contributed by atoms with Gasteiger partial charge in [-0.1, -0.05) is 23.9 Å². The first kappa shape index (κ1) is 20.5. The zero-order valence-corrected chi connectivity index (χ0v) is 17.8. The highest BCUT2D eigenvalue weighted by atomic mass is 32.2. The zero-order valence-electron chi connectivity index (χ0n) is 16.2. The standard InChI is InChI=1S/C20H22FN3O2S2/c1-5-22-17(25)12(4)28-20-23-18-16(19(26)24(20)6-2)15(11(3)27-18)13-7-9-14(21)10-8-13/h7-10,12H,5-6H2,1-4H3,(H,22,25). The van der Waals surface area contributed by atoms with E-state index in [1.807, 2.05) is 20.8 Å². The molecule has 1 amide bonds. The average molecular weight is 420 g/mol. The van der Waals surface area contributed by atoms with Crippen LogP contribution in [0.4, 0.5) is 4.39 Å². The second kappa shape index (κ2) is 8.45. The summed E-state index contributed by atoms with van der Waals surface area (Å²) in [5.74, 6) is -0.401. The lowest BCUT2D eigenvalue weighted by atomic mass is 10.0. The number of aryl methyl sites for hydroxylation is 1. The molecule has 1 aromatic carbocycles. The molecule has 1 unspecified atom stereocenters. The van der Waals surface area contributed by atoms with Crippen LogP contribution in [0.3, 0.4) is 0 Å². The largest absolute Gasteiger partial charge is 0.355 e. The molecule has 0 radical (unpaired) electrons. The summed E-state index contributed by atoms with van der Waals surface area (Å²) in [6.07, 6.45) is 0. The van der Waals surface area contributed by atoms with Gasteiger partial charge in [0.2, 0.25) is 5.91 Å². The Morgan fingerprint density at radius 3 is 2.61 bits per heavy atom.